The summed E-state index contributed by atoms with van der Waals surface area (Å²) in [6, 6.07) is 5.02. The van der Waals surface area contributed by atoms with Crippen LogP contribution in [-0.2, 0) is 10.0 Å². The Morgan fingerprint density at radius 2 is 2.26 bits per heavy atom. The Kier molecular flexibility index (Phi) is 4.57. The number of thiophene rings is 1. The molecule has 0 radical (unpaired) electrons. The van der Waals surface area contributed by atoms with Crippen LogP contribution >= 0.6 is 22.9 Å². The van der Waals surface area contributed by atoms with Gasteiger partial charge in [-0.05, 0) is 23.9 Å². The van der Waals surface area contributed by atoms with Gasteiger partial charge in [-0.3, -0.25) is 4.98 Å². The first-order chi connectivity index (χ1) is 9.04. The number of hydrogen-bond acceptors (Lipinski definition) is 4. The van der Waals surface area contributed by atoms with E-state index in [4.69, 9.17) is 11.6 Å². The van der Waals surface area contributed by atoms with Crippen molar-refractivity contribution in [2.45, 2.75) is 24.3 Å². The monoisotopic (exact) mass is 316 g/mol. The fourth-order valence-corrected chi connectivity index (χ4v) is 4.31. The van der Waals surface area contributed by atoms with Gasteiger partial charge in [-0.2, -0.15) is 0 Å². The van der Waals surface area contributed by atoms with Gasteiger partial charge >= 0.3 is 0 Å². The third kappa shape index (κ3) is 3.33. The first-order valence-corrected chi connectivity index (χ1v) is 8.44. The molecule has 2 rings (SSSR count). The smallest absolute Gasteiger partial charge is 0.244 e. The van der Waals surface area contributed by atoms with Gasteiger partial charge in [0.2, 0.25) is 10.0 Å². The lowest BCUT2D eigenvalue weighted by atomic mass is 10.2. The summed E-state index contributed by atoms with van der Waals surface area (Å²) in [4.78, 5) is 4.79. The van der Waals surface area contributed by atoms with Crippen LogP contribution in [0.25, 0.3) is 0 Å². The van der Waals surface area contributed by atoms with Crippen LogP contribution in [0.5, 0.6) is 0 Å². The number of hydrogen-bond donors (Lipinski definition) is 1. The molecular formula is C12H13ClN2O2S2. The summed E-state index contributed by atoms with van der Waals surface area (Å²) in [6.07, 6.45) is 3.38. The van der Waals surface area contributed by atoms with Crippen LogP contribution in [0.3, 0.4) is 0 Å². The van der Waals surface area contributed by atoms with E-state index in [-0.39, 0.29) is 16.0 Å². The van der Waals surface area contributed by atoms with Crippen molar-refractivity contribution in [3.8, 4) is 0 Å². The molecule has 0 amide bonds. The van der Waals surface area contributed by atoms with Crippen LogP contribution in [0.15, 0.2) is 40.9 Å². The summed E-state index contributed by atoms with van der Waals surface area (Å²) in [5.41, 5.74) is 0. The molecule has 0 fully saturated rings. The van der Waals surface area contributed by atoms with E-state index in [0.29, 0.717) is 6.42 Å². The van der Waals surface area contributed by atoms with Gasteiger partial charge in [0, 0.05) is 17.3 Å². The number of nitrogens with one attached hydrogen (secondary N) is 1. The molecule has 0 aliphatic rings. The maximum absolute atomic E-state index is 12.3. The molecule has 0 saturated heterocycles. The standard InChI is InChI=1S/C12H13ClN2O2S2/c1-2-10(11-4-3-7-18-11)15-19(16,17)12-8-14-6-5-9(12)13/h3-8,10,15H,2H2,1H3. The second-order valence-electron chi connectivity index (χ2n) is 3.90. The van der Waals surface area contributed by atoms with E-state index in [1.807, 2.05) is 24.4 Å². The minimum atomic E-state index is -3.67. The first-order valence-electron chi connectivity index (χ1n) is 5.70. The number of sulfonamides is 1. The molecule has 2 heterocycles. The van der Waals surface area contributed by atoms with Gasteiger partial charge in [0.25, 0.3) is 0 Å². The molecule has 7 heteroatoms. The molecule has 0 aromatic carbocycles. The summed E-state index contributed by atoms with van der Waals surface area (Å²) < 4.78 is 27.2. The number of rotatable bonds is 5. The zero-order valence-electron chi connectivity index (χ0n) is 10.2. The highest BCUT2D eigenvalue weighted by Gasteiger charge is 2.23. The van der Waals surface area contributed by atoms with Gasteiger partial charge in [0.1, 0.15) is 4.90 Å². The van der Waals surface area contributed by atoms with Crippen LogP contribution < -0.4 is 4.72 Å². The molecule has 0 spiro atoms. The molecule has 1 N–H and O–H groups in total. The second-order valence-corrected chi connectivity index (χ2v) is 6.97. The van der Waals surface area contributed by atoms with Crippen molar-refractivity contribution in [1.29, 1.82) is 0 Å². The first kappa shape index (κ1) is 14.5. The van der Waals surface area contributed by atoms with Crippen molar-refractivity contribution >= 4 is 33.0 Å². The third-order valence-corrected chi connectivity index (χ3v) is 5.54. The molecule has 1 unspecified atom stereocenters. The minimum Gasteiger partial charge on any atom is -0.263 e. The molecule has 1 atom stereocenters. The van der Waals surface area contributed by atoms with Crippen LogP contribution in [0.4, 0.5) is 0 Å². The van der Waals surface area contributed by atoms with Crippen LogP contribution in [0, 0.1) is 0 Å². The molecule has 19 heavy (non-hydrogen) atoms. The molecule has 0 saturated carbocycles. The third-order valence-electron chi connectivity index (χ3n) is 2.62. The molecule has 2 aromatic rings. The molecule has 2 aromatic heterocycles. The highest BCUT2D eigenvalue weighted by molar-refractivity contribution is 7.89. The Morgan fingerprint density at radius 3 is 2.84 bits per heavy atom. The lowest BCUT2D eigenvalue weighted by Crippen LogP contribution is -2.28. The average Bonchev–Trinajstić information content (AvgIpc) is 2.90. The lowest BCUT2D eigenvalue weighted by Gasteiger charge is -2.16. The summed E-state index contributed by atoms with van der Waals surface area (Å²) in [5.74, 6) is 0. The molecule has 102 valence electrons. The Hall–Kier alpha value is -0.950. The van der Waals surface area contributed by atoms with Crippen LogP contribution in [-0.4, -0.2) is 13.4 Å². The van der Waals surface area contributed by atoms with E-state index < -0.39 is 10.0 Å². The predicted molar refractivity (Wildman–Crippen MR) is 76.9 cm³/mol. The number of nitrogens with zero attached hydrogens (tertiary/aromatic N) is 1. The van der Waals surface area contributed by atoms with Gasteiger partial charge in [0.15, 0.2) is 0 Å². The van der Waals surface area contributed by atoms with E-state index in [1.54, 1.807) is 0 Å². The number of pyridine rings is 1. The van der Waals surface area contributed by atoms with Gasteiger partial charge in [-0.1, -0.05) is 24.6 Å². The predicted octanol–water partition coefficient (Wildman–Crippen LogP) is 3.23. The normalized spacial score (nSPS) is 13.4. The fraction of sp³-hybridized carbons (Fsp3) is 0.250. The van der Waals surface area contributed by atoms with E-state index in [0.717, 1.165) is 4.88 Å². The maximum Gasteiger partial charge on any atom is 0.244 e. The van der Waals surface area contributed by atoms with Gasteiger partial charge in [0.05, 0.1) is 11.1 Å². The van der Waals surface area contributed by atoms with Gasteiger partial charge in [-0.25, -0.2) is 13.1 Å². The maximum atomic E-state index is 12.3. The topological polar surface area (TPSA) is 59.1 Å². The van der Waals surface area contributed by atoms with Gasteiger partial charge in [-0.15, -0.1) is 11.3 Å². The molecule has 0 aliphatic heterocycles. The summed E-state index contributed by atoms with van der Waals surface area (Å²) >= 11 is 7.42. The highest BCUT2D eigenvalue weighted by Crippen LogP contribution is 2.26. The van der Waals surface area contributed by atoms with Gasteiger partial charge < -0.3 is 0 Å². The van der Waals surface area contributed by atoms with Crippen molar-refractivity contribution in [2.75, 3.05) is 0 Å². The minimum absolute atomic E-state index is 0.00618. The Labute approximate surface area is 121 Å². The van der Waals surface area contributed by atoms with E-state index >= 15 is 0 Å². The lowest BCUT2D eigenvalue weighted by molar-refractivity contribution is 0.553. The fourth-order valence-electron chi connectivity index (χ4n) is 1.64. The summed E-state index contributed by atoms with van der Waals surface area (Å²) in [7, 11) is -3.67. The van der Waals surface area contributed by atoms with E-state index in [2.05, 4.69) is 9.71 Å². The highest BCUT2D eigenvalue weighted by atomic mass is 35.5. The van der Waals surface area contributed by atoms with Crippen molar-refractivity contribution in [3.05, 3.63) is 45.9 Å². The molecule has 0 bridgehead atoms. The average molecular weight is 317 g/mol. The van der Waals surface area contributed by atoms with Crippen LogP contribution in [0.2, 0.25) is 5.02 Å². The number of aromatic nitrogens is 1. The van der Waals surface area contributed by atoms with Crippen molar-refractivity contribution in [2.24, 2.45) is 0 Å². The summed E-state index contributed by atoms with van der Waals surface area (Å²) in [5, 5.41) is 2.09. The molecular weight excluding hydrogens is 304 g/mol. The zero-order valence-corrected chi connectivity index (χ0v) is 12.6. The van der Waals surface area contributed by atoms with Crippen molar-refractivity contribution in [3.63, 3.8) is 0 Å². The van der Waals surface area contributed by atoms with Crippen LogP contribution in [0.1, 0.15) is 24.3 Å². The van der Waals surface area contributed by atoms with E-state index in [9.17, 15) is 8.42 Å². The zero-order chi connectivity index (χ0) is 13.9. The second kappa shape index (κ2) is 6.00. The molecule has 4 nitrogen and oxygen atoms in total. The number of halogens is 1. The Bertz CT molecular complexity index is 642. The summed E-state index contributed by atoms with van der Waals surface area (Å²) in [6.45, 7) is 1.93. The Morgan fingerprint density at radius 1 is 1.47 bits per heavy atom. The largest absolute Gasteiger partial charge is 0.263 e. The quantitative estimate of drug-likeness (QED) is 0.921. The SMILES string of the molecule is CCC(NS(=O)(=O)c1cnccc1Cl)c1cccs1. The van der Waals surface area contributed by atoms with Crippen molar-refractivity contribution < 1.29 is 8.42 Å². The van der Waals surface area contributed by atoms with Crippen molar-refractivity contribution in [1.82, 2.24) is 9.71 Å². The molecule has 0 aliphatic carbocycles. The van der Waals surface area contributed by atoms with E-state index in [1.165, 1.54) is 29.8 Å². The Balaban J connectivity index is 2.29.